The molecule has 2 saturated carbocycles. The number of methoxy groups -OCH3 is 1. The monoisotopic (exact) mass is 854 g/mol. The van der Waals surface area contributed by atoms with Gasteiger partial charge in [-0.2, -0.15) is 4.89 Å². The van der Waals surface area contributed by atoms with Gasteiger partial charge in [-0.3, -0.25) is 9.59 Å². The molecule has 7 aromatic rings. The molecule has 11 rings (SSSR count). The summed E-state index contributed by atoms with van der Waals surface area (Å²) in [6.45, 7) is 0. The number of rotatable bonds is 12. The van der Waals surface area contributed by atoms with E-state index in [1.54, 1.807) is 0 Å². The van der Waals surface area contributed by atoms with Crippen molar-refractivity contribution in [3.8, 4) is 22.3 Å². The van der Waals surface area contributed by atoms with Crippen LogP contribution in [0.2, 0.25) is 0 Å². The fourth-order valence-corrected chi connectivity index (χ4v) is 10.1. The summed E-state index contributed by atoms with van der Waals surface area (Å²) in [4.78, 5) is 76.0. The third kappa shape index (κ3) is 7.22. The van der Waals surface area contributed by atoms with Crippen molar-refractivity contribution in [3.63, 3.8) is 0 Å². The summed E-state index contributed by atoms with van der Waals surface area (Å²) in [5, 5.41) is 2.77. The maximum absolute atomic E-state index is 14.3. The highest BCUT2D eigenvalue weighted by atomic mass is 17.2. The molecule has 14 heteroatoms. The molecule has 3 amide bonds. The zero-order valence-electron chi connectivity index (χ0n) is 35.3. The lowest BCUT2D eigenvalue weighted by molar-refractivity contribution is -0.188. The fraction of sp³-hybridized carbons (Fsp3) is 0.280. The Balaban J connectivity index is 0.811. The van der Waals surface area contributed by atoms with Gasteiger partial charge in [0.25, 0.3) is 11.8 Å². The van der Waals surface area contributed by atoms with Gasteiger partial charge in [0.2, 0.25) is 6.40 Å². The van der Waals surface area contributed by atoms with Gasteiger partial charge >= 0.3 is 6.09 Å². The van der Waals surface area contributed by atoms with E-state index in [2.05, 4.69) is 68.8 Å². The van der Waals surface area contributed by atoms with Gasteiger partial charge < -0.3 is 34.7 Å². The van der Waals surface area contributed by atoms with Gasteiger partial charge in [-0.05, 0) is 95.2 Å². The second kappa shape index (κ2) is 16.1. The van der Waals surface area contributed by atoms with Crippen molar-refractivity contribution in [3.05, 3.63) is 144 Å². The molecule has 5 aromatic carbocycles. The number of hydrogen-bond acceptors (Lipinski definition) is 9. The molecule has 64 heavy (non-hydrogen) atoms. The van der Waals surface area contributed by atoms with E-state index in [1.807, 2.05) is 82.6 Å². The van der Waals surface area contributed by atoms with Crippen LogP contribution >= 0.6 is 0 Å². The minimum Gasteiger partial charge on any atom is -0.453 e. The number of fused-ring (bicyclic) bond motifs is 4. The topological polar surface area (TPSA) is 167 Å². The van der Waals surface area contributed by atoms with Crippen LogP contribution in [0.3, 0.4) is 0 Å². The third-order valence-electron chi connectivity index (χ3n) is 13.4. The zero-order chi connectivity index (χ0) is 43.5. The molecule has 2 aliphatic heterocycles. The average molecular weight is 855 g/mol. The number of likely N-dealkylation sites (tertiary alicyclic amines) is 2. The summed E-state index contributed by atoms with van der Waals surface area (Å²) in [5.74, 6) is 2.11. The summed E-state index contributed by atoms with van der Waals surface area (Å²) in [5.41, 5.74) is 9.16. The first-order chi connectivity index (χ1) is 31.3. The van der Waals surface area contributed by atoms with Crippen LogP contribution in [0, 0.1) is 11.8 Å². The lowest BCUT2D eigenvalue weighted by Crippen LogP contribution is -2.44. The predicted octanol–water partition coefficient (Wildman–Crippen LogP) is 8.54. The molecule has 4 heterocycles. The van der Waals surface area contributed by atoms with Gasteiger partial charge in [0.15, 0.2) is 6.04 Å². The Morgan fingerprint density at radius 2 is 1.16 bits per heavy atom. The minimum atomic E-state index is -0.874. The summed E-state index contributed by atoms with van der Waals surface area (Å²) in [6.07, 6.45) is 4.11. The van der Waals surface area contributed by atoms with Crippen molar-refractivity contribution in [2.75, 3.05) is 14.2 Å². The molecule has 0 unspecified atom stereocenters. The Kier molecular flexibility index (Phi) is 9.94. The van der Waals surface area contributed by atoms with Crippen molar-refractivity contribution in [2.24, 2.45) is 16.8 Å². The zero-order valence-corrected chi connectivity index (χ0v) is 35.3. The number of aromatic nitrogens is 4. The molecule has 2 aliphatic carbocycles. The molecule has 4 fully saturated rings. The number of carbonyl (C=O) groups excluding carboxylic acids is 3. The van der Waals surface area contributed by atoms with Crippen LogP contribution in [-0.4, -0.2) is 80.3 Å². The Morgan fingerprint density at radius 1 is 0.656 bits per heavy atom. The largest absolute Gasteiger partial charge is 0.453 e. The van der Waals surface area contributed by atoms with E-state index in [-0.39, 0.29) is 36.0 Å². The van der Waals surface area contributed by atoms with Crippen LogP contribution in [-0.2, 0) is 24.1 Å². The molecule has 0 bridgehead atoms. The number of nitrogens with one attached hydrogen (secondary N) is 3. The molecule has 3 N–H and O–H groups in total. The van der Waals surface area contributed by atoms with Gasteiger partial charge in [-0.25, -0.2) is 19.8 Å². The number of nitrogens with zero attached hydrogens (tertiary/aromatic N) is 5. The van der Waals surface area contributed by atoms with Crippen molar-refractivity contribution >= 4 is 46.4 Å². The quantitative estimate of drug-likeness (QED) is 0.0476. The summed E-state index contributed by atoms with van der Waals surface area (Å²) >= 11 is 0. The number of aromatic amines is 2. The van der Waals surface area contributed by atoms with Crippen LogP contribution in [0.4, 0.5) is 4.79 Å². The summed E-state index contributed by atoms with van der Waals surface area (Å²) < 4.78 is 4.89. The highest BCUT2D eigenvalue weighted by molar-refractivity contribution is 5.89. The highest BCUT2D eigenvalue weighted by Crippen LogP contribution is 2.55. The average Bonchev–Trinajstić information content (AvgIpc) is 3.99. The van der Waals surface area contributed by atoms with Crippen LogP contribution in [0.25, 0.3) is 44.3 Å². The van der Waals surface area contributed by atoms with E-state index >= 15 is 0 Å². The van der Waals surface area contributed by atoms with Crippen LogP contribution in [0.5, 0.6) is 0 Å². The Labute approximate surface area is 368 Å². The predicted molar refractivity (Wildman–Crippen MR) is 239 cm³/mol. The SMILES string of the molecule is COOC=N[C@@H](C(=O)N1[C@@H]2C[C@@H]2C[C@H]1c1nc2ccc(-c3ccc(-c4ccc5nc([C@@H]6C[C@H]7C[C@H]7N6C(=O)[C@H](NC(=O)OC)c6ccccc6)[nH]c5c4)cc3)cc2[nH]1)c1ccccc1. The number of piperidine rings is 2. The third-order valence-corrected chi connectivity index (χ3v) is 13.4. The van der Waals surface area contributed by atoms with E-state index in [4.69, 9.17) is 24.5 Å². The number of hydrogen-bond donors (Lipinski definition) is 3. The maximum atomic E-state index is 14.3. The molecule has 322 valence electrons. The number of H-pyrrole nitrogens is 2. The Bertz CT molecular complexity index is 2920. The first-order valence-corrected chi connectivity index (χ1v) is 21.7. The molecule has 8 atom stereocenters. The van der Waals surface area contributed by atoms with Crippen molar-refractivity contribution in [1.82, 2.24) is 35.1 Å². The molecule has 4 aliphatic rings. The summed E-state index contributed by atoms with van der Waals surface area (Å²) in [7, 11) is 2.69. The van der Waals surface area contributed by atoms with Gasteiger partial charge in [0.1, 0.15) is 17.7 Å². The fourth-order valence-electron chi connectivity index (χ4n) is 10.1. The van der Waals surface area contributed by atoms with Crippen molar-refractivity contribution in [2.45, 2.75) is 61.9 Å². The molecule has 2 saturated heterocycles. The molecule has 0 radical (unpaired) electrons. The number of ether oxygens (including phenoxy) is 1. The molecule has 2 aromatic heterocycles. The first-order valence-electron chi connectivity index (χ1n) is 21.7. The molecule has 14 nitrogen and oxygen atoms in total. The van der Waals surface area contributed by atoms with Crippen molar-refractivity contribution in [1.29, 1.82) is 0 Å². The summed E-state index contributed by atoms with van der Waals surface area (Å²) in [6, 6.07) is 37.9. The van der Waals surface area contributed by atoms with Gasteiger partial charge in [-0.15, -0.1) is 0 Å². The van der Waals surface area contributed by atoms with Crippen molar-refractivity contribution < 1.29 is 28.9 Å². The highest BCUT2D eigenvalue weighted by Gasteiger charge is 2.57. The lowest BCUT2D eigenvalue weighted by Gasteiger charge is -2.30. The minimum absolute atomic E-state index is 0.0853. The van der Waals surface area contributed by atoms with E-state index in [9.17, 15) is 14.4 Å². The second-order valence-electron chi connectivity index (χ2n) is 17.2. The lowest BCUT2D eigenvalue weighted by atomic mass is 10.00. The van der Waals surface area contributed by atoms with E-state index in [0.717, 1.165) is 87.2 Å². The standard InChI is InChI=1S/C50H46N8O6/c1-62-50(61)56-45(31-11-7-4-8-12-31)49(60)58-41-24-35(41)26-43(58)47-53-37-20-18-33(22-39(37)55-47)29-15-13-28(14-16-29)32-17-19-36-38(21-32)54-46(52-36)42-25-34-23-40(34)57(42)48(59)44(51-27-64-63-2)30-9-5-3-6-10-30/h3-22,27,34-35,40-45H,23-26H2,1-2H3,(H,52,54)(H,53,55)(H,56,61)/t34-,35-,40-,41-,42+,43+,44-,45-/m1/s1. The maximum Gasteiger partial charge on any atom is 0.407 e. The van der Waals surface area contributed by atoms with Crippen LogP contribution in [0.15, 0.2) is 126 Å². The molecular weight excluding hydrogens is 809 g/mol. The second-order valence-corrected chi connectivity index (χ2v) is 17.2. The number of amides is 3. The Hall–Kier alpha value is -7.32. The Morgan fingerprint density at radius 3 is 1.67 bits per heavy atom. The van der Waals surface area contributed by atoms with Gasteiger partial charge in [0.05, 0.1) is 48.4 Å². The molecule has 0 spiro atoms. The smallest absolute Gasteiger partial charge is 0.407 e. The number of imidazole rings is 2. The van der Waals surface area contributed by atoms with E-state index in [1.165, 1.54) is 20.6 Å². The van der Waals surface area contributed by atoms with Crippen LogP contribution < -0.4 is 5.32 Å². The van der Waals surface area contributed by atoms with E-state index in [0.29, 0.717) is 17.4 Å². The van der Waals surface area contributed by atoms with E-state index < -0.39 is 18.2 Å². The number of alkyl carbamates (subject to hydrolysis) is 1. The van der Waals surface area contributed by atoms with Gasteiger partial charge in [-0.1, -0.05) is 97.1 Å². The normalized spacial score (nSPS) is 22.9. The van der Waals surface area contributed by atoms with Crippen LogP contribution in [0.1, 0.15) is 72.6 Å². The number of benzene rings is 5. The molecular formula is C50H46N8O6. The first kappa shape index (κ1) is 39.5. The number of aliphatic imine (C=N–C) groups is 1. The van der Waals surface area contributed by atoms with Gasteiger partial charge in [0, 0.05) is 12.1 Å². The number of carbonyl (C=O) groups is 3.